The molecule has 88 valence electrons. The summed E-state index contributed by atoms with van der Waals surface area (Å²) >= 11 is 0. The van der Waals surface area contributed by atoms with Gasteiger partial charge in [0, 0.05) is 18.1 Å². The predicted molar refractivity (Wildman–Crippen MR) is 64.8 cm³/mol. The highest BCUT2D eigenvalue weighted by molar-refractivity contribution is 5.01. The largest absolute Gasteiger partial charge is 0.329 e. The average molecular weight is 210 g/mol. The van der Waals surface area contributed by atoms with Crippen LogP contribution in [0.15, 0.2) is 0 Å². The quantitative estimate of drug-likeness (QED) is 0.775. The van der Waals surface area contributed by atoms with E-state index in [4.69, 9.17) is 5.73 Å². The van der Waals surface area contributed by atoms with Gasteiger partial charge < -0.3 is 5.73 Å². The van der Waals surface area contributed by atoms with Gasteiger partial charge in [-0.05, 0) is 52.0 Å². The van der Waals surface area contributed by atoms with Crippen molar-refractivity contribution in [3.8, 4) is 0 Å². The molecule has 0 aromatic carbocycles. The number of hydrogen-bond donors (Lipinski definition) is 1. The highest BCUT2D eigenvalue weighted by atomic mass is 15.2. The number of rotatable bonds is 3. The SMILES string of the molecule is CC1CCCCCN1C(C)(CN)C1CC1. The van der Waals surface area contributed by atoms with Gasteiger partial charge in [0.2, 0.25) is 0 Å². The first kappa shape index (κ1) is 11.4. The predicted octanol–water partition coefficient (Wildman–Crippen LogP) is 2.38. The zero-order valence-corrected chi connectivity index (χ0v) is 10.3. The highest BCUT2D eigenvalue weighted by Gasteiger charge is 2.45. The van der Waals surface area contributed by atoms with E-state index < -0.39 is 0 Å². The van der Waals surface area contributed by atoms with E-state index in [1.54, 1.807) is 0 Å². The van der Waals surface area contributed by atoms with Crippen LogP contribution < -0.4 is 5.73 Å². The van der Waals surface area contributed by atoms with Gasteiger partial charge in [0.25, 0.3) is 0 Å². The molecule has 2 aliphatic rings. The van der Waals surface area contributed by atoms with E-state index in [1.165, 1.54) is 45.1 Å². The molecule has 0 aromatic heterocycles. The number of nitrogens with two attached hydrogens (primary N) is 1. The fourth-order valence-corrected chi connectivity index (χ4v) is 3.26. The van der Waals surface area contributed by atoms with Crippen LogP contribution >= 0.6 is 0 Å². The van der Waals surface area contributed by atoms with Crippen molar-refractivity contribution in [3.05, 3.63) is 0 Å². The summed E-state index contributed by atoms with van der Waals surface area (Å²) in [4.78, 5) is 2.72. The van der Waals surface area contributed by atoms with Crippen LogP contribution in [0.3, 0.4) is 0 Å². The molecular formula is C13H26N2. The van der Waals surface area contributed by atoms with Crippen LogP contribution in [0.2, 0.25) is 0 Å². The van der Waals surface area contributed by atoms with Crippen LogP contribution in [0.25, 0.3) is 0 Å². The van der Waals surface area contributed by atoms with Crippen molar-refractivity contribution < 1.29 is 0 Å². The summed E-state index contributed by atoms with van der Waals surface area (Å²) in [5.74, 6) is 0.878. The Kier molecular flexibility index (Phi) is 3.36. The Morgan fingerprint density at radius 3 is 2.53 bits per heavy atom. The smallest absolute Gasteiger partial charge is 0.0334 e. The molecule has 1 aliphatic heterocycles. The Morgan fingerprint density at radius 1 is 1.20 bits per heavy atom. The summed E-state index contributed by atoms with van der Waals surface area (Å²) < 4.78 is 0. The van der Waals surface area contributed by atoms with Gasteiger partial charge in [0.1, 0.15) is 0 Å². The Hall–Kier alpha value is -0.0800. The van der Waals surface area contributed by atoms with E-state index in [-0.39, 0.29) is 0 Å². The van der Waals surface area contributed by atoms with Crippen LogP contribution in [-0.4, -0.2) is 29.6 Å². The van der Waals surface area contributed by atoms with Crippen LogP contribution in [0.4, 0.5) is 0 Å². The van der Waals surface area contributed by atoms with E-state index >= 15 is 0 Å². The number of hydrogen-bond acceptors (Lipinski definition) is 2. The monoisotopic (exact) mass is 210 g/mol. The summed E-state index contributed by atoms with van der Waals surface area (Å²) in [5, 5.41) is 0. The van der Waals surface area contributed by atoms with Gasteiger partial charge in [-0.15, -0.1) is 0 Å². The summed E-state index contributed by atoms with van der Waals surface area (Å²) in [7, 11) is 0. The molecule has 2 atom stereocenters. The Bertz CT molecular complexity index is 213. The maximum absolute atomic E-state index is 6.05. The lowest BCUT2D eigenvalue weighted by Crippen LogP contribution is -2.56. The molecule has 2 nitrogen and oxygen atoms in total. The minimum atomic E-state index is 0.295. The molecule has 15 heavy (non-hydrogen) atoms. The van der Waals surface area contributed by atoms with E-state index in [0.29, 0.717) is 5.54 Å². The van der Waals surface area contributed by atoms with Crippen molar-refractivity contribution in [2.24, 2.45) is 11.7 Å². The molecule has 0 spiro atoms. The van der Waals surface area contributed by atoms with Crippen LogP contribution in [0.5, 0.6) is 0 Å². The van der Waals surface area contributed by atoms with Crippen molar-refractivity contribution in [1.29, 1.82) is 0 Å². The van der Waals surface area contributed by atoms with E-state index in [2.05, 4.69) is 18.7 Å². The molecule has 0 radical (unpaired) electrons. The van der Waals surface area contributed by atoms with Gasteiger partial charge in [-0.1, -0.05) is 12.8 Å². The molecule has 2 heteroatoms. The Morgan fingerprint density at radius 2 is 1.93 bits per heavy atom. The van der Waals surface area contributed by atoms with Gasteiger partial charge in [-0.25, -0.2) is 0 Å². The normalized spacial score (nSPS) is 33.4. The summed E-state index contributed by atoms with van der Waals surface area (Å²) in [5.41, 5.74) is 6.35. The molecule has 1 saturated heterocycles. The maximum Gasteiger partial charge on any atom is 0.0334 e. The molecule has 2 rings (SSSR count). The zero-order valence-electron chi connectivity index (χ0n) is 10.3. The maximum atomic E-state index is 6.05. The third-order valence-electron chi connectivity index (χ3n) is 4.58. The van der Waals surface area contributed by atoms with E-state index in [9.17, 15) is 0 Å². The molecule has 0 bridgehead atoms. The second kappa shape index (κ2) is 4.42. The van der Waals surface area contributed by atoms with E-state index in [1.807, 2.05) is 0 Å². The van der Waals surface area contributed by atoms with Crippen LogP contribution in [0, 0.1) is 5.92 Å². The van der Waals surface area contributed by atoms with Gasteiger partial charge in [-0.2, -0.15) is 0 Å². The summed E-state index contributed by atoms with van der Waals surface area (Å²) in [6.45, 7) is 6.89. The summed E-state index contributed by atoms with van der Waals surface area (Å²) in [6.07, 6.45) is 8.35. The lowest BCUT2D eigenvalue weighted by Gasteiger charge is -2.44. The minimum Gasteiger partial charge on any atom is -0.329 e. The first-order valence-electron chi connectivity index (χ1n) is 6.65. The van der Waals surface area contributed by atoms with Crippen LogP contribution in [0.1, 0.15) is 52.4 Å². The molecule has 1 aliphatic carbocycles. The van der Waals surface area contributed by atoms with Gasteiger partial charge in [-0.3, -0.25) is 4.90 Å². The van der Waals surface area contributed by atoms with Gasteiger partial charge >= 0.3 is 0 Å². The second-order valence-corrected chi connectivity index (χ2v) is 5.73. The molecule has 1 heterocycles. The van der Waals surface area contributed by atoms with Crippen LogP contribution in [-0.2, 0) is 0 Å². The molecule has 1 saturated carbocycles. The molecule has 2 unspecified atom stereocenters. The minimum absolute atomic E-state index is 0.295. The lowest BCUT2D eigenvalue weighted by molar-refractivity contribution is 0.0534. The molecular weight excluding hydrogens is 184 g/mol. The fraction of sp³-hybridized carbons (Fsp3) is 1.00. The molecule has 2 fully saturated rings. The lowest BCUT2D eigenvalue weighted by atomic mass is 9.91. The third-order valence-corrected chi connectivity index (χ3v) is 4.58. The van der Waals surface area contributed by atoms with Crippen molar-refractivity contribution in [1.82, 2.24) is 4.90 Å². The van der Waals surface area contributed by atoms with Crippen molar-refractivity contribution in [2.75, 3.05) is 13.1 Å². The molecule has 0 aromatic rings. The first-order valence-corrected chi connectivity index (χ1v) is 6.65. The Labute approximate surface area is 94.2 Å². The fourth-order valence-electron chi connectivity index (χ4n) is 3.26. The zero-order chi connectivity index (χ0) is 10.9. The standard InChI is InChI=1S/C13H26N2/c1-11-6-4-3-5-9-15(11)13(2,10-14)12-7-8-12/h11-12H,3-10,14H2,1-2H3. The third kappa shape index (κ3) is 2.21. The number of likely N-dealkylation sites (tertiary alicyclic amines) is 1. The summed E-state index contributed by atoms with van der Waals surface area (Å²) in [6, 6.07) is 0.738. The van der Waals surface area contributed by atoms with E-state index in [0.717, 1.165) is 18.5 Å². The van der Waals surface area contributed by atoms with Gasteiger partial charge in [0.05, 0.1) is 0 Å². The van der Waals surface area contributed by atoms with Crippen molar-refractivity contribution >= 4 is 0 Å². The molecule has 0 amide bonds. The average Bonchev–Trinajstić information content (AvgIpc) is 3.03. The van der Waals surface area contributed by atoms with Crippen molar-refractivity contribution in [2.45, 2.75) is 64.0 Å². The van der Waals surface area contributed by atoms with Gasteiger partial charge in [0.15, 0.2) is 0 Å². The number of nitrogens with zero attached hydrogens (tertiary/aromatic N) is 1. The highest BCUT2D eigenvalue weighted by Crippen LogP contribution is 2.44. The first-order chi connectivity index (χ1) is 7.18. The molecule has 2 N–H and O–H groups in total. The Balaban J connectivity index is 2.10. The van der Waals surface area contributed by atoms with Crippen molar-refractivity contribution in [3.63, 3.8) is 0 Å². The second-order valence-electron chi connectivity index (χ2n) is 5.73. The topological polar surface area (TPSA) is 29.3 Å².